The number of benzene rings is 2. The molecule has 136 valence electrons. The summed E-state index contributed by atoms with van der Waals surface area (Å²) in [5, 5.41) is 2.26. The van der Waals surface area contributed by atoms with Crippen LogP contribution in [0.25, 0.3) is 22.2 Å². The number of sulfonamides is 1. The quantitative estimate of drug-likeness (QED) is 0.547. The van der Waals surface area contributed by atoms with Crippen LogP contribution < -0.4 is 4.72 Å². The van der Waals surface area contributed by atoms with Gasteiger partial charge in [-0.25, -0.2) is 22.2 Å². The molecule has 27 heavy (non-hydrogen) atoms. The molecule has 0 aliphatic carbocycles. The molecule has 0 fully saturated rings. The fourth-order valence-corrected chi connectivity index (χ4v) is 4.75. The van der Waals surface area contributed by atoms with Gasteiger partial charge in [-0.05, 0) is 24.3 Å². The second kappa shape index (κ2) is 6.67. The lowest BCUT2D eigenvalue weighted by Crippen LogP contribution is -2.13. The zero-order chi connectivity index (χ0) is 19.0. The monoisotopic (exact) mass is 403 g/mol. The van der Waals surface area contributed by atoms with Gasteiger partial charge in [-0.15, -0.1) is 11.3 Å². The predicted octanol–water partition coefficient (Wildman–Crippen LogP) is 4.44. The lowest BCUT2D eigenvalue weighted by atomic mass is 10.1. The SMILES string of the molecule is O=S(=O)(Nc1nc(-c2ccc(F)cc2F)cs1)c1cccc2cccnc12. The number of hydrogen-bond donors (Lipinski definition) is 1. The predicted molar refractivity (Wildman–Crippen MR) is 100 cm³/mol. The molecule has 0 radical (unpaired) electrons. The van der Waals surface area contributed by atoms with Crippen molar-refractivity contribution in [2.24, 2.45) is 0 Å². The molecule has 1 N–H and O–H groups in total. The average molecular weight is 403 g/mol. The number of rotatable bonds is 4. The van der Waals surface area contributed by atoms with Crippen LogP contribution in [0.3, 0.4) is 0 Å². The Kier molecular flexibility index (Phi) is 4.33. The molecule has 0 saturated carbocycles. The van der Waals surface area contributed by atoms with E-state index in [-0.39, 0.29) is 21.3 Å². The minimum Gasteiger partial charge on any atom is -0.255 e. The van der Waals surface area contributed by atoms with Crippen LogP contribution in [0.4, 0.5) is 13.9 Å². The van der Waals surface area contributed by atoms with Crippen LogP contribution in [-0.4, -0.2) is 18.4 Å². The summed E-state index contributed by atoms with van der Waals surface area (Å²) in [5.74, 6) is -1.47. The molecule has 0 bridgehead atoms. The van der Waals surface area contributed by atoms with Crippen molar-refractivity contribution in [2.45, 2.75) is 4.90 Å². The third-order valence-electron chi connectivity index (χ3n) is 3.82. The molecular weight excluding hydrogens is 392 g/mol. The zero-order valence-electron chi connectivity index (χ0n) is 13.6. The fourth-order valence-electron chi connectivity index (χ4n) is 2.60. The molecule has 4 aromatic rings. The van der Waals surface area contributed by atoms with Crippen molar-refractivity contribution in [1.29, 1.82) is 0 Å². The third-order valence-corrected chi connectivity index (χ3v) is 6.08. The number of anilines is 1. The van der Waals surface area contributed by atoms with Crippen LogP contribution in [0.2, 0.25) is 0 Å². The topological polar surface area (TPSA) is 72.0 Å². The maximum atomic E-state index is 13.9. The summed E-state index contributed by atoms with van der Waals surface area (Å²) < 4.78 is 54.9. The van der Waals surface area contributed by atoms with E-state index in [4.69, 9.17) is 0 Å². The highest BCUT2D eigenvalue weighted by atomic mass is 32.2. The summed E-state index contributed by atoms with van der Waals surface area (Å²) in [4.78, 5) is 8.27. The van der Waals surface area contributed by atoms with Gasteiger partial charge >= 0.3 is 0 Å². The summed E-state index contributed by atoms with van der Waals surface area (Å²) >= 11 is 1.00. The summed E-state index contributed by atoms with van der Waals surface area (Å²) in [7, 11) is -3.94. The van der Waals surface area contributed by atoms with Gasteiger partial charge in [0, 0.05) is 28.6 Å². The Morgan fingerprint density at radius 3 is 2.67 bits per heavy atom. The molecule has 0 spiro atoms. The van der Waals surface area contributed by atoms with Crippen molar-refractivity contribution in [2.75, 3.05) is 4.72 Å². The maximum absolute atomic E-state index is 13.9. The van der Waals surface area contributed by atoms with E-state index >= 15 is 0 Å². The van der Waals surface area contributed by atoms with E-state index in [9.17, 15) is 17.2 Å². The zero-order valence-corrected chi connectivity index (χ0v) is 15.2. The first-order valence-corrected chi connectivity index (χ1v) is 10.1. The first-order valence-electron chi connectivity index (χ1n) is 7.71. The van der Waals surface area contributed by atoms with Gasteiger partial charge in [0.15, 0.2) is 5.13 Å². The van der Waals surface area contributed by atoms with Crippen molar-refractivity contribution in [1.82, 2.24) is 9.97 Å². The van der Waals surface area contributed by atoms with Crippen LogP contribution in [0.1, 0.15) is 0 Å². The molecular formula is C18H11F2N3O2S2. The number of nitrogens with zero attached hydrogens (tertiary/aromatic N) is 2. The molecule has 5 nitrogen and oxygen atoms in total. The van der Waals surface area contributed by atoms with Gasteiger partial charge in [0.2, 0.25) is 0 Å². The molecule has 2 heterocycles. The molecule has 0 unspecified atom stereocenters. The average Bonchev–Trinajstić information content (AvgIpc) is 3.08. The van der Waals surface area contributed by atoms with Crippen molar-refractivity contribution in [3.63, 3.8) is 0 Å². The van der Waals surface area contributed by atoms with Crippen LogP contribution in [0.5, 0.6) is 0 Å². The Morgan fingerprint density at radius 1 is 1.04 bits per heavy atom. The highest BCUT2D eigenvalue weighted by molar-refractivity contribution is 7.93. The Bertz CT molecular complexity index is 1250. The Hall–Kier alpha value is -2.91. The highest BCUT2D eigenvalue weighted by Gasteiger charge is 2.20. The van der Waals surface area contributed by atoms with Gasteiger partial charge < -0.3 is 0 Å². The summed E-state index contributed by atoms with van der Waals surface area (Å²) in [6, 6.07) is 11.4. The van der Waals surface area contributed by atoms with Crippen molar-refractivity contribution in [3.05, 3.63) is 71.7 Å². The minimum absolute atomic E-state index is 0.0188. The number of fused-ring (bicyclic) bond motifs is 1. The molecule has 0 amide bonds. The molecule has 2 aromatic carbocycles. The molecule has 0 atom stereocenters. The van der Waals surface area contributed by atoms with Gasteiger partial charge in [-0.1, -0.05) is 18.2 Å². The second-order valence-corrected chi connectivity index (χ2v) is 8.11. The van der Waals surface area contributed by atoms with Gasteiger partial charge in [-0.3, -0.25) is 9.71 Å². The van der Waals surface area contributed by atoms with E-state index in [0.717, 1.165) is 23.5 Å². The lowest BCUT2D eigenvalue weighted by molar-refractivity contribution is 0.585. The molecule has 2 aromatic heterocycles. The third kappa shape index (κ3) is 3.38. The minimum atomic E-state index is -3.94. The van der Waals surface area contributed by atoms with E-state index < -0.39 is 21.7 Å². The summed E-state index contributed by atoms with van der Waals surface area (Å²) in [6.45, 7) is 0. The lowest BCUT2D eigenvalue weighted by Gasteiger charge is -2.07. The van der Waals surface area contributed by atoms with Crippen LogP contribution in [0, 0.1) is 11.6 Å². The standard InChI is InChI=1S/C18H11F2N3O2S2/c19-12-6-7-13(14(20)9-12)15-10-26-18(22-15)23-27(24,25)16-5-1-3-11-4-2-8-21-17(11)16/h1-10H,(H,22,23). The maximum Gasteiger partial charge on any atom is 0.265 e. The second-order valence-electron chi connectivity index (χ2n) is 5.60. The largest absolute Gasteiger partial charge is 0.265 e. The Morgan fingerprint density at radius 2 is 1.85 bits per heavy atom. The van der Waals surface area contributed by atoms with Crippen LogP contribution in [-0.2, 0) is 10.0 Å². The number of aromatic nitrogens is 2. The molecule has 0 aliphatic rings. The van der Waals surface area contributed by atoms with Crippen LogP contribution >= 0.6 is 11.3 Å². The highest BCUT2D eigenvalue weighted by Crippen LogP contribution is 2.29. The molecule has 0 saturated heterocycles. The van der Waals surface area contributed by atoms with E-state index in [2.05, 4.69) is 14.7 Å². The number of halogens is 2. The Labute approximate surface area is 157 Å². The number of nitrogens with one attached hydrogen (secondary N) is 1. The number of thiazole rings is 1. The first-order chi connectivity index (χ1) is 12.9. The van der Waals surface area contributed by atoms with Crippen molar-refractivity contribution in [3.8, 4) is 11.3 Å². The smallest absolute Gasteiger partial charge is 0.255 e. The molecule has 0 aliphatic heterocycles. The number of para-hydroxylation sites is 1. The van der Waals surface area contributed by atoms with Gasteiger partial charge in [0.1, 0.15) is 16.5 Å². The normalized spacial score (nSPS) is 11.6. The van der Waals surface area contributed by atoms with Crippen molar-refractivity contribution < 1.29 is 17.2 Å². The number of pyridine rings is 1. The van der Waals surface area contributed by atoms with E-state index in [1.165, 1.54) is 23.7 Å². The summed E-state index contributed by atoms with van der Waals surface area (Å²) in [5.41, 5.74) is 0.644. The van der Waals surface area contributed by atoms with Crippen LogP contribution in [0.15, 0.2) is 65.0 Å². The van der Waals surface area contributed by atoms with Gasteiger partial charge in [0.25, 0.3) is 10.0 Å². The van der Waals surface area contributed by atoms with Gasteiger partial charge in [0.05, 0.1) is 11.2 Å². The Balaban J connectivity index is 1.69. The molecule has 4 rings (SSSR count). The van der Waals surface area contributed by atoms with E-state index in [0.29, 0.717) is 10.9 Å². The van der Waals surface area contributed by atoms with Gasteiger partial charge in [-0.2, -0.15) is 0 Å². The fraction of sp³-hybridized carbons (Fsp3) is 0. The first kappa shape index (κ1) is 17.5. The van der Waals surface area contributed by atoms with Crippen molar-refractivity contribution >= 4 is 37.4 Å². The molecule has 9 heteroatoms. The summed E-state index contributed by atoms with van der Waals surface area (Å²) in [6.07, 6.45) is 1.51. The number of hydrogen-bond acceptors (Lipinski definition) is 5. The van der Waals surface area contributed by atoms with E-state index in [1.54, 1.807) is 24.3 Å². The van der Waals surface area contributed by atoms with E-state index in [1.807, 2.05) is 0 Å².